The Morgan fingerprint density at radius 1 is 1.09 bits per heavy atom. The zero-order valence-electron chi connectivity index (χ0n) is 23.1. The molecule has 0 bridgehead atoms. The van der Waals surface area contributed by atoms with Gasteiger partial charge in [0.25, 0.3) is 5.91 Å². The molecule has 2 rings (SSSR count). The fraction of sp³-hybridized carbons (Fsp3) is 0.750. The predicted octanol–water partition coefficient (Wildman–Crippen LogP) is 5.19. The zero-order valence-corrected chi connectivity index (χ0v) is 23.1. The largest absolute Gasteiger partial charge is 0.493 e. The molecule has 2 atom stereocenters. The minimum atomic E-state index is 0.0564. The Balaban J connectivity index is 2.12. The summed E-state index contributed by atoms with van der Waals surface area (Å²) in [6.45, 7) is 15.5. The van der Waals surface area contributed by atoms with Crippen molar-refractivity contribution < 1.29 is 19.2 Å². The highest BCUT2D eigenvalue weighted by Crippen LogP contribution is 2.35. The number of aryl methyl sites for hydroxylation is 1. The first-order valence-corrected chi connectivity index (χ1v) is 13.7. The Morgan fingerprint density at radius 3 is 2.51 bits per heavy atom. The van der Waals surface area contributed by atoms with Gasteiger partial charge in [0.1, 0.15) is 5.75 Å². The van der Waals surface area contributed by atoms with Crippen LogP contribution in [0.3, 0.4) is 0 Å². The summed E-state index contributed by atoms with van der Waals surface area (Å²) < 4.78 is 5.97. The molecule has 1 aliphatic rings. The Hall–Kier alpha value is -1.67. The second-order valence-electron chi connectivity index (χ2n) is 9.56. The van der Waals surface area contributed by atoms with Gasteiger partial charge in [-0.25, -0.2) is 5.06 Å². The van der Waals surface area contributed by atoms with Gasteiger partial charge in [-0.3, -0.25) is 14.5 Å². The van der Waals surface area contributed by atoms with Crippen LogP contribution in [-0.4, -0.2) is 80.0 Å². The van der Waals surface area contributed by atoms with Crippen molar-refractivity contribution in [2.24, 2.45) is 0 Å². The number of rotatable bonds is 17. The fourth-order valence-corrected chi connectivity index (χ4v) is 4.72. The van der Waals surface area contributed by atoms with E-state index >= 15 is 0 Å². The van der Waals surface area contributed by atoms with Crippen molar-refractivity contribution in [2.45, 2.75) is 85.1 Å². The lowest BCUT2D eigenvalue weighted by atomic mass is 9.94. The quantitative estimate of drug-likeness (QED) is 0.221. The molecule has 0 aromatic heterocycles. The molecule has 1 aromatic rings. The van der Waals surface area contributed by atoms with E-state index in [1.807, 2.05) is 5.06 Å². The van der Waals surface area contributed by atoms with Crippen molar-refractivity contribution in [3.63, 3.8) is 0 Å². The van der Waals surface area contributed by atoms with Gasteiger partial charge in [0.15, 0.2) is 0 Å². The van der Waals surface area contributed by atoms with E-state index in [1.165, 1.54) is 11.1 Å². The molecule has 1 saturated heterocycles. The number of benzene rings is 1. The van der Waals surface area contributed by atoms with E-state index in [4.69, 9.17) is 14.4 Å². The summed E-state index contributed by atoms with van der Waals surface area (Å²) >= 11 is 0. The number of ether oxygens (including phenoxy) is 1. The van der Waals surface area contributed by atoms with Crippen molar-refractivity contribution in [1.29, 1.82) is 0 Å². The lowest BCUT2D eigenvalue weighted by Crippen LogP contribution is -2.43. The van der Waals surface area contributed by atoms with Gasteiger partial charge >= 0.3 is 0 Å². The first kappa shape index (κ1) is 29.6. The molecule has 0 saturated carbocycles. The minimum absolute atomic E-state index is 0.0564. The molecule has 0 N–H and O–H groups in total. The van der Waals surface area contributed by atoms with Gasteiger partial charge in [0.05, 0.1) is 26.9 Å². The lowest BCUT2D eigenvalue weighted by molar-refractivity contribution is -0.188. The van der Waals surface area contributed by atoms with Crippen LogP contribution < -0.4 is 4.74 Å². The van der Waals surface area contributed by atoms with E-state index in [-0.39, 0.29) is 5.91 Å². The number of unbranched alkanes of at least 4 members (excludes halogenated alkanes) is 1. The van der Waals surface area contributed by atoms with Crippen LogP contribution in [0, 0.1) is 6.92 Å². The predicted molar refractivity (Wildman–Crippen MR) is 141 cm³/mol. The normalized spacial score (nSPS) is 18.4. The number of hydrogen-bond donors (Lipinski definition) is 0. The van der Waals surface area contributed by atoms with Crippen molar-refractivity contribution in [2.75, 3.05) is 53.0 Å². The van der Waals surface area contributed by atoms with Crippen molar-refractivity contribution in [3.8, 4) is 5.75 Å². The molecule has 1 aromatic carbocycles. The average Bonchev–Trinajstić information content (AvgIpc) is 3.25. The zero-order chi connectivity index (χ0) is 25.6. The van der Waals surface area contributed by atoms with Crippen molar-refractivity contribution >= 4 is 5.91 Å². The Morgan fingerprint density at radius 2 is 1.89 bits per heavy atom. The Kier molecular flexibility index (Phi) is 13.6. The van der Waals surface area contributed by atoms with Gasteiger partial charge < -0.3 is 9.57 Å². The molecule has 7 nitrogen and oxygen atoms in total. The molecule has 200 valence electrons. The van der Waals surface area contributed by atoms with Gasteiger partial charge in [-0.15, -0.1) is 0 Å². The van der Waals surface area contributed by atoms with Crippen LogP contribution in [0.2, 0.25) is 0 Å². The van der Waals surface area contributed by atoms with Crippen molar-refractivity contribution in [3.05, 3.63) is 29.3 Å². The van der Waals surface area contributed by atoms with Gasteiger partial charge in [0.2, 0.25) is 0 Å². The summed E-state index contributed by atoms with van der Waals surface area (Å²) in [5, 5.41) is 3.56. The number of likely N-dealkylation sites (tertiary alicyclic amines) is 1. The highest BCUT2D eigenvalue weighted by molar-refractivity contribution is 5.77. The van der Waals surface area contributed by atoms with Gasteiger partial charge in [0, 0.05) is 32.2 Å². The third kappa shape index (κ3) is 9.37. The van der Waals surface area contributed by atoms with Gasteiger partial charge in [-0.05, 0) is 62.1 Å². The van der Waals surface area contributed by atoms with E-state index in [0.29, 0.717) is 31.7 Å². The Labute approximate surface area is 213 Å². The molecule has 1 aliphatic heterocycles. The molecule has 35 heavy (non-hydrogen) atoms. The third-order valence-corrected chi connectivity index (χ3v) is 6.77. The van der Waals surface area contributed by atoms with E-state index in [2.05, 4.69) is 57.7 Å². The SMILES string of the molecule is CCCCOc1ccc(C2CC(CCN(CC)OC)N(CC(=O)N(CCC)OCCC)C2)cc1C. The first-order chi connectivity index (χ1) is 17.0. The number of hydrogen-bond acceptors (Lipinski definition) is 6. The summed E-state index contributed by atoms with van der Waals surface area (Å²) in [5.74, 6) is 1.43. The highest BCUT2D eigenvalue weighted by atomic mass is 16.7. The fourth-order valence-electron chi connectivity index (χ4n) is 4.72. The van der Waals surface area contributed by atoms with Crippen molar-refractivity contribution in [1.82, 2.24) is 15.0 Å². The lowest BCUT2D eigenvalue weighted by Gasteiger charge is -2.29. The van der Waals surface area contributed by atoms with Crippen LogP contribution in [0.15, 0.2) is 18.2 Å². The molecule has 1 amide bonds. The third-order valence-electron chi connectivity index (χ3n) is 6.77. The summed E-state index contributed by atoms with van der Waals surface area (Å²) in [6, 6.07) is 6.93. The number of hydroxylamine groups is 4. The number of carbonyl (C=O) groups excluding carboxylic acids is 1. The maximum Gasteiger partial charge on any atom is 0.260 e. The number of carbonyl (C=O) groups is 1. The molecule has 1 heterocycles. The smallest absolute Gasteiger partial charge is 0.260 e. The van der Waals surface area contributed by atoms with Gasteiger partial charge in [-0.2, -0.15) is 5.06 Å². The minimum Gasteiger partial charge on any atom is -0.493 e. The molecular formula is C28H49N3O4. The van der Waals surface area contributed by atoms with Crippen LogP contribution in [0.25, 0.3) is 0 Å². The molecule has 0 aliphatic carbocycles. The Bertz CT molecular complexity index is 741. The second-order valence-corrected chi connectivity index (χ2v) is 9.56. The van der Waals surface area contributed by atoms with Crippen LogP contribution in [-0.2, 0) is 14.5 Å². The molecule has 2 unspecified atom stereocenters. The molecule has 0 radical (unpaired) electrons. The highest BCUT2D eigenvalue weighted by Gasteiger charge is 2.35. The average molecular weight is 492 g/mol. The topological polar surface area (TPSA) is 54.5 Å². The second kappa shape index (κ2) is 16.1. The first-order valence-electron chi connectivity index (χ1n) is 13.7. The van der Waals surface area contributed by atoms with Crippen LogP contribution in [0.4, 0.5) is 0 Å². The summed E-state index contributed by atoms with van der Waals surface area (Å²) in [6.07, 6.45) is 5.98. The molecule has 1 fully saturated rings. The summed E-state index contributed by atoms with van der Waals surface area (Å²) in [7, 11) is 1.73. The molecule has 7 heteroatoms. The van der Waals surface area contributed by atoms with Crippen LogP contribution in [0.5, 0.6) is 5.75 Å². The van der Waals surface area contributed by atoms with Gasteiger partial charge in [-0.1, -0.05) is 46.2 Å². The van der Waals surface area contributed by atoms with Crippen LogP contribution in [0.1, 0.15) is 83.3 Å². The molecular weight excluding hydrogens is 442 g/mol. The standard InChI is InChI=1S/C28H49N3O4/c1-7-11-18-34-27-13-12-24(19-23(27)5)25-20-26(14-16-30(10-4)33-6)29(21-25)22-28(32)31(15-8-2)35-17-9-3/h12-13,19,25-26H,7-11,14-18,20-22H2,1-6H3. The maximum atomic E-state index is 13.2. The summed E-state index contributed by atoms with van der Waals surface area (Å²) in [5.41, 5.74) is 2.51. The molecule has 0 spiro atoms. The number of amides is 1. The maximum absolute atomic E-state index is 13.2. The number of nitrogens with zero attached hydrogens (tertiary/aromatic N) is 3. The van der Waals surface area contributed by atoms with E-state index in [9.17, 15) is 4.79 Å². The van der Waals surface area contributed by atoms with Crippen LogP contribution >= 0.6 is 0 Å². The van der Waals surface area contributed by atoms with E-state index in [1.54, 1.807) is 12.2 Å². The summed E-state index contributed by atoms with van der Waals surface area (Å²) in [4.78, 5) is 26.8. The monoisotopic (exact) mass is 491 g/mol. The van der Waals surface area contributed by atoms with E-state index < -0.39 is 0 Å². The van der Waals surface area contributed by atoms with E-state index in [0.717, 1.165) is 70.5 Å².